The second-order valence-electron chi connectivity index (χ2n) is 5.31. The van der Waals surface area contributed by atoms with Crippen LogP contribution >= 0.6 is 10.5 Å². The first-order valence-corrected chi connectivity index (χ1v) is 8.32. The number of carbonyl (C=O) groups is 1. The van der Waals surface area contributed by atoms with Crippen molar-refractivity contribution in [1.29, 1.82) is 0 Å². The molecule has 1 aromatic heterocycles. The van der Waals surface area contributed by atoms with Crippen molar-refractivity contribution < 1.29 is 23.1 Å². The minimum atomic E-state index is -4.14. The molecular weight excluding hydrogens is 313 g/mol. The van der Waals surface area contributed by atoms with E-state index in [0.717, 1.165) is 38.0 Å². The molecule has 0 radical (unpaired) electrons. The summed E-state index contributed by atoms with van der Waals surface area (Å²) in [5, 5.41) is 9.65. The van der Waals surface area contributed by atoms with Crippen molar-refractivity contribution in [2.24, 2.45) is 0 Å². The molecule has 2 nitrogen and oxygen atoms in total. The number of hydrogen-bond acceptors (Lipinski definition) is 2. The first kappa shape index (κ1) is 16.8. The summed E-state index contributed by atoms with van der Waals surface area (Å²) in [5.74, 6) is -0.942. The summed E-state index contributed by atoms with van der Waals surface area (Å²) >= 11 is 0. The van der Waals surface area contributed by atoms with Crippen LogP contribution in [0.1, 0.15) is 43.4 Å². The summed E-state index contributed by atoms with van der Waals surface area (Å²) in [6.07, 6.45) is 3.96. The van der Waals surface area contributed by atoms with Gasteiger partial charge in [-0.05, 0) is 31.9 Å². The van der Waals surface area contributed by atoms with E-state index in [-0.39, 0.29) is 5.92 Å². The minimum Gasteiger partial charge on any atom is -0.550 e. The van der Waals surface area contributed by atoms with Gasteiger partial charge in [-0.2, -0.15) is 0 Å². The molecule has 1 atom stereocenters. The summed E-state index contributed by atoms with van der Waals surface area (Å²) in [7, 11) is -1.69. The Bertz CT molecular complexity index is 651. The third-order valence-corrected chi connectivity index (χ3v) is 5.86. The number of thiophene rings is 1. The summed E-state index contributed by atoms with van der Waals surface area (Å²) in [5.41, 5.74) is -4.14. The molecule has 120 valence electrons. The number of alkyl halides is 3. The van der Waals surface area contributed by atoms with E-state index in [4.69, 9.17) is 9.90 Å². The molecule has 1 aliphatic carbocycles. The van der Waals surface area contributed by atoms with E-state index in [1.807, 2.05) is 6.07 Å². The molecule has 0 bridgehead atoms. The van der Waals surface area contributed by atoms with Gasteiger partial charge in [-0.25, -0.2) is 0 Å². The molecule has 0 N–H and O–H groups in total. The number of benzene rings is 1. The zero-order valence-corrected chi connectivity index (χ0v) is 13.0. The first-order chi connectivity index (χ1) is 10.3. The van der Waals surface area contributed by atoms with Crippen LogP contribution < -0.4 is 5.11 Å². The molecule has 3 rings (SSSR count). The molecule has 0 saturated heterocycles. The Balaban J connectivity index is 0.000000396. The molecule has 22 heavy (non-hydrogen) atoms. The molecule has 1 fully saturated rings. The average molecular weight is 330 g/mol. The Morgan fingerprint density at radius 1 is 1.23 bits per heavy atom. The van der Waals surface area contributed by atoms with Gasteiger partial charge < -0.3 is 9.90 Å². The SMILES string of the molecule is CC(=O)[O-].FC(F)(F)[s+]1c(C2CCCC2)cc2ccccc21. The van der Waals surface area contributed by atoms with E-state index in [0.29, 0.717) is 9.58 Å². The third-order valence-electron chi connectivity index (χ3n) is 3.66. The largest absolute Gasteiger partial charge is 0.600 e. The van der Waals surface area contributed by atoms with Crippen molar-refractivity contribution >= 4 is 26.5 Å². The maximum absolute atomic E-state index is 13.3. The molecule has 0 aliphatic heterocycles. The Kier molecular flexibility index (Phi) is 5.11. The first-order valence-electron chi connectivity index (χ1n) is 7.10. The molecule has 1 saturated carbocycles. The standard InChI is InChI=1S/C14H14F3S.C2H4O2/c15-14(16,17)18-12-8-4-3-7-11(12)9-13(18)10-5-1-2-6-10;1-2(3)4/h3-4,7-10H,1-2,5-6H2;1H3,(H,3,4)/q+1;/p-1. The maximum atomic E-state index is 13.3. The van der Waals surface area contributed by atoms with Crippen molar-refractivity contribution in [2.75, 3.05) is 0 Å². The topological polar surface area (TPSA) is 40.1 Å². The quantitative estimate of drug-likeness (QED) is 0.723. The molecular formula is C16H17F3O2S. The molecule has 1 aromatic carbocycles. The normalized spacial score (nSPS) is 16.5. The minimum absolute atomic E-state index is 0.141. The van der Waals surface area contributed by atoms with Crippen LogP contribution in [-0.2, 0) is 10.3 Å². The van der Waals surface area contributed by atoms with Gasteiger partial charge in [0.1, 0.15) is 0 Å². The predicted octanol–water partition coefficient (Wildman–Crippen LogP) is 4.48. The fourth-order valence-corrected chi connectivity index (χ4v) is 5.04. The smallest absolute Gasteiger partial charge is 0.550 e. The Morgan fingerprint density at radius 3 is 2.32 bits per heavy atom. The van der Waals surface area contributed by atoms with Gasteiger partial charge in [-0.3, -0.25) is 0 Å². The van der Waals surface area contributed by atoms with Crippen LogP contribution in [0.3, 0.4) is 0 Å². The Morgan fingerprint density at radius 2 is 1.77 bits per heavy atom. The van der Waals surface area contributed by atoms with Gasteiger partial charge in [0, 0.05) is 23.3 Å². The van der Waals surface area contributed by atoms with E-state index in [9.17, 15) is 13.2 Å². The molecule has 6 heteroatoms. The van der Waals surface area contributed by atoms with Crippen molar-refractivity contribution in [2.45, 2.75) is 44.0 Å². The number of aliphatic carboxylic acids is 1. The molecule has 1 aliphatic rings. The van der Waals surface area contributed by atoms with Crippen molar-refractivity contribution in [3.05, 3.63) is 35.2 Å². The lowest BCUT2D eigenvalue weighted by molar-refractivity contribution is -0.302. The van der Waals surface area contributed by atoms with Crippen LogP contribution in [-0.4, -0.2) is 5.97 Å². The highest BCUT2D eigenvalue weighted by Gasteiger charge is 2.49. The van der Waals surface area contributed by atoms with E-state index < -0.39 is 21.9 Å². The molecule has 2 aromatic rings. The lowest BCUT2D eigenvalue weighted by Crippen LogP contribution is -2.16. The van der Waals surface area contributed by atoms with Gasteiger partial charge in [0.25, 0.3) is 0 Å². The van der Waals surface area contributed by atoms with Crippen LogP contribution in [0, 0.1) is 0 Å². The average Bonchev–Trinajstić information content (AvgIpc) is 3.04. The van der Waals surface area contributed by atoms with Gasteiger partial charge in [0.15, 0.2) is 9.58 Å². The van der Waals surface area contributed by atoms with Crippen LogP contribution in [0.4, 0.5) is 13.2 Å². The number of carboxylic acids is 1. The monoisotopic (exact) mass is 330 g/mol. The molecule has 1 unspecified atom stereocenters. The Hall–Kier alpha value is -1.56. The molecule has 0 amide bonds. The maximum Gasteiger partial charge on any atom is 0.600 e. The Labute approximate surface area is 129 Å². The van der Waals surface area contributed by atoms with Crippen LogP contribution in [0.5, 0.6) is 0 Å². The fourth-order valence-electron chi connectivity index (χ4n) is 2.88. The number of hydrogen-bond donors (Lipinski definition) is 0. The third kappa shape index (κ3) is 3.80. The van der Waals surface area contributed by atoms with Crippen molar-refractivity contribution in [3.8, 4) is 0 Å². The van der Waals surface area contributed by atoms with Crippen LogP contribution in [0.25, 0.3) is 10.1 Å². The number of carbonyl (C=O) groups excluding carboxylic acids is 1. The summed E-state index contributed by atoms with van der Waals surface area (Å²) in [6, 6.07) is 8.73. The van der Waals surface area contributed by atoms with E-state index >= 15 is 0 Å². The number of rotatable bonds is 1. The fraction of sp³-hybridized carbons (Fsp3) is 0.438. The zero-order valence-electron chi connectivity index (χ0n) is 12.2. The molecule has 1 heterocycles. The highest BCUT2D eigenvalue weighted by Crippen LogP contribution is 2.55. The van der Waals surface area contributed by atoms with Gasteiger partial charge in [-0.15, -0.1) is 13.2 Å². The summed E-state index contributed by atoms with van der Waals surface area (Å²) in [4.78, 5) is 9.52. The summed E-state index contributed by atoms with van der Waals surface area (Å²) in [6.45, 7) is 0.972. The predicted molar refractivity (Wildman–Crippen MR) is 79.6 cm³/mol. The number of halogens is 3. The van der Waals surface area contributed by atoms with Gasteiger partial charge in [0.2, 0.25) is 0 Å². The lowest BCUT2D eigenvalue weighted by atomic mass is 10.1. The van der Waals surface area contributed by atoms with E-state index in [1.165, 1.54) is 0 Å². The van der Waals surface area contributed by atoms with Gasteiger partial charge in [0.05, 0.1) is 10.5 Å². The van der Waals surface area contributed by atoms with E-state index in [1.54, 1.807) is 24.3 Å². The van der Waals surface area contributed by atoms with Crippen molar-refractivity contribution in [3.63, 3.8) is 0 Å². The van der Waals surface area contributed by atoms with Crippen LogP contribution in [0.2, 0.25) is 0 Å². The highest BCUT2D eigenvalue weighted by atomic mass is 32.2. The second kappa shape index (κ2) is 6.69. The van der Waals surface area contributed by atoms with E-state index in [2.05, 4.69) is 0 Å². The van der Waals surface area contributed by atoms with Crippen LogP contribution in [0.15, 0.2) is 30.3 Å². The second-order valence-corrected chi connectivity index (χ2v) is 7.30. The van der Waals surface area contributed by atoms with Gasteiger partial charge in [-0.1, -0.05) is 25.0 Å². The highest BCUT2D eigenvalue weighted by molar-refractivity contribution is 7.38. The lowest BCUT2D eigenvalue weighted by Gasteiger charge is -2.05. The number of fused-ring (bicyclic) bond motifs is 1. The zero-order chi connectivity index (χ0) is 16.3. The number of carboxylic acid groups (broad SMARTS) is 1. The molecule has 0 spiro atoms. The summed E-state index contributed by atoms with van der Waals surface area (Å²) < 4.78 is 40.4. The van der Waals surface area contributed by atoms with Gasteiger partial charge >= 0.3 is 5.51 Å². The van der Waals surface area contributed by atoms with Crippen molar-refractivity contribution in [1.82, 2.24) is 0 Å².